The Hall–Kier alpha value is -0.960. The van der Waals surface area contributed by atoms with Gasteiger partial charge in [-0.25, -0.2) is 8.78 Å². The van der Waals surface area contributed by atoms with Crippen LogP contribution in [0.15, 0.2) is 24.3 Å². The molecule has 21 heavy (non-hydrogen) atoms. The third kappa shape index (κ3) is 4.50. The molecule has 1 aromatic carbocycles. The molecule has 1 unspecified atom stereocenters. The van der Waals surface area contributed by atoms with E-state index in [2.05, 4.69) is 43.4 Å². The first-order chi connectivity index (χ1) is 10.1. The van der Waals surface area contributed by atoms with E-state index in [4.69, 9.17) is 0 Å². The van der Waals surface area contributed by atoms with Crippen LogP contribution in [0, 0.1) is 5.92 Å². The van der Waals surface area contributed by atoms with Crippen LogP contribution in [0.5, 0.6) is 0 Å². The van der Waals surface area contributed by atoms with Crippen molar-refractivity contribution >= 4 is 0 Å². The summed E-state index contributed by atoms with van der Waals surface area (Å²) in [6, 6.07) is 8.86. The highest BCUT2D eigenvalue weighted by Gasteiger charge is 2.37. The summed E-state index contributed by atoms with van der Waals surface area (Å²) in [7, 11) is 0. The van der Waals surface area contributed by atoms with Gasteiger partial charge in [0.1, 0.15) is 0 Å². The molecule has 1 N–H and O–H groups in total. The van der Waals surface area contributed by atoms with E-state index in [0.29, 0.717) is 18.8 Å². The molecule has 1 saturated carbocycles. The van der Waals surface area contributed by atoms with Crippen LogP contribution in [-0.2, 0) is 6.42 Å². The van der Waals surface area contributed by atoms with Gasteiger partial charge in [-0.15, -0.1) is 0 Å². The molecule has 118 valence electrons. The third-order valence-electron chi connectivity index (χ3n) is 4.51. The number of hydrogen-bond donors (Lipinski definition) is 1. The summed E-state index contributed by atoms with van der Waals surface area (Å²) in [4.78, 5) is 0. The van der Waals surface area contributed by atoms with Crippen molar-refractivity contribution in [1.29, 1.82) is 0 Å². The van der Waals surface area contributed by atoms with Crippen molar-refractivity contribution in [3.8, 4) is 0 Å². The zero-order valence-electron chi connectivity index (χ0n) is 13.2. The van der Waals surface area contributed by atoms with E-state index < -0.39 is 5.92 Å². The van der Waals surface area contributed by atoms with Gasteiger partial charge < -0.3 is 5.32 Å². The molecular weight excluding hydrogens is 268 g/mol. The number of halogens is 2. The van der Waals surface area contributed by atoms with Gasteiger partial charge in [-0.05, 0) is 42.9 Å². The van der Waals surface area contributed by atoms with Gasteiger partial charge in [0.15, 0.2) is 0 Å². The number of alkyl halides is 2. The number of rotatable bonds is 6. The van der Waals surface area contributed by atoms with E-state index in [0.717, 1.165) is 19.4 Å². The first kappa shape index (κ1) is 16.4. The summed E-state index contributed by atoms with van der Waals surface area (Å²) in [6.07, 6.45) is 3.51. The van der Waals surface area contributed by atoms with Crippen molar-refractivity contribution in [1.82, 2.24) is 5.32 Å². The van der Waals surface area contributed by atoms with Gasteiger partial charge in [-0.1, -0.05) is 44.5 Å². The molecule has 1 aliphatic rings. The first-order valence-corrected chi connectivity index (χ1v) is 8.25. The molecule has 0 bridgehead atoms. The van der Waals surface area contributed by atoms with Crippen LogP contribution < -0.4 is 5.32 Å². The average Bonchev–Trinajstić information content (AvgIpc) is 2.46. The zero-order chi connectivity index (χ0) is 15.3. The van der Waals surface area contributed by atoms with Gasteiger partial charge >= 0.3 is 0 Å². The quantitative estimate of drug-likeness (QED) is 0.768. The van der Waals surface area contributed by atoms with Crippen LogP contribution >= 0.6 is 0 Å². The van der Waals surface area contributed by atoms with Crippen LogP contribution in [0.3, 0.4) is 0 Å². The van der Waals surface area contributed by atoms with Crippen molar-refractivity contribution in [3.05, 3.63) is 35.4 Å². The van der Waals surface area contributed by atoms with Gasteiger partial charge in [0.05, 0.1) is 0 Å². The number of aryl methyl sites for hydroxylation is 1. The molecule has 0 saturated heterocycles. The van der Waals surface area contributed by atoms with E-state index in [-0.39, 0.29) is 18.9 Å². The average molecular weight is 295 g/mol. The Morgan fingerprint density at radius 2 is 1.95 bits per heavy atom. The number of hydrogen-bond acceptors (Lipinski definition) is 1. The van der Waals surface area contributed by atoms with Gasteiger partial charge in [0.25, 0.3) is 0 Å². The predicted octanol–water partition coefficient (Wildman–Crippen LogP) is 5.12. The fraction of sp³-hybridized carbons (Fsp3) is 0.667. The lowest BCUT2D eigenvalue weighted by Gasteiger charge is -2.34. The maximum atomic E-state index is 13.4. The van der Waals surface area contributed by atoms with Crippen molar-refractivity contribution in [3.63, 3.8) is 0 Å². The number of benzene rings is 1. The zero-order valence-corrected chi connectivity index (χ0v) is 13.2. The molecule has 0 spiro atoms. The Balaban J connectivity index is 2.13. The highest BCUT2D eigenvalue weighted by molar-refractivity contribution is 5.27. The van der Waals surface area contributed by atoms with Crippen molar-refractivity contribution in [2.45, 2.75) is 64.3 Å². The molecule has 0 aromatic heterocycles. The normalized spacial score (nSPS) is 20.4. The second kappa shape index (κ2) is 7.35. The molecule has 0 amide bonds. The van der Waals surface area contributed by atoms with Crippen LogP contribution in [0.25, 0.3) is 0 Å². The molecule has 0 aliphatic heterocycles. The minimum atomic E-state index is -2.45. The molecule has 1 atom stereocenters. The summed E-state index contributed by atoms with van der Waals surface area (Å²) >= 11 is 0. The van der Waals surface area contributed by atoms with Crippen molar-refractivity contribution in [2.24, 2.45) is 5.92 Å². The lowest BCUT2D eigenvalue weighted by Crippen LogP contribution is -2.34. The summed E-state index contributed by atoms with van der Waals surface area (Å²) in [5, 5.41) is 3.52. The van der Waals surface area contributed by atoms with Gasteiger partial charge in [0, 0.05) is 18.9 Å². The van der Waals surface area contributed by atoms with Crippen LogP contribution in [0.1, 0.15) is 63.1 Å². The van der Waals surface area contributed by atoms with Crippen molar-refractivity contribution in [2.75, 3.05) is 6.54 Å². The van der Waals surface area contributed by atoms with E-state index in [1.807, 2.05) is 0 Å². The standard InChI is InChI=1S/C18H27F2N/c1-3-6-14-7-5-8-16(13-14)17(21-4-2)15-9-11-18(19,20)12-10-15/h5,7-8,13,15,17,21H,3-4,6,9-12H2,1-2H3. The van der Waals surface area contributed by atoms with Crippen LogP contribution in [-0.4, -0.2) is 12.5 Å². The number of nitrogens with one attached hydrogen (secondary N) is 1. The van der Waals surface area contributed by atoms with E-state index >= 15 is 0 Å². The van der Waals surface area contributed by atoms with Gasteiger partial charge in [-0.3, -0.25) is 0 Å². The topological polar surface area (TPSA) is 12.0 Å². The summed E-state index contributed by atoms with van der Waals surface area (Å²) in [6.45, 7) is 5.13. The van der Waals surface area contributed by atoms with E-state index in [1.165, 1.54) is 11.1 Å². The minimum Gasteiger partial charge on any atom is -0.310 e. The monoisotopic (exact) mass is 295 g/mol. The maximum Gasteiger partial charge on any atom is 0.248 e. The second-order valence-electron chi connectivity index (χ2n) is 6.22. The largest absolute Gasteiger partial charge is 0.310 e. The molecule has 1 aromatic rings. The highest BCUT2D eigenvalue weighted by atomic mass is 19.3. The molecule has 1 aliphatic carbocycles. The molecule has 0 heterocycles. The molecule has 1 fully saturated rings. The fourth-order valence-corrected chi connectivity index (χ4v) is 3.40. The van der Waals surface area contributed by atoms with Gasteiger partial charge in [-0.2, -0.15) is 0 Å². The van der Waals surface area contributed by atoms with E-state index in [9.17, 15) is 8.78 Å². The Kier molecular flexibility index (Phi) is 5.74. The third-order valence-corrected chi connectivity index (χ3v) is 4.51. The summed E-state index contributed by atoms with van der Waals surface area (Å²) in [5.41, 5.74) is 2.61. The Morgan fingerprint density at radius 1 is 1.24 bits per heavy atom. The SMILES string of the molecule is CCCc1cccc(C(NCC)C2CCC(F)(F)CC2)c1. The van der Waals surface area contributed by atoms with Crippen LogP contribution in [0.2, 0.25) is 0 Å². The molecular formula is C18H27F2N. The Labute approximate surface area is 127 Å². The molecule has 1 nitrogen and oxygen atoms in total. The van der Waals surface area contributed by atoms with Crippen molar-refractivity contribution < 1.29 is 8.78 Å². The smallest absolute Gasteiger partial charge is 0.248 e. The minimum absolute atomic E-state index is 0.0359. The highest BCUT2D eigenvalue weighted by Crippen LogP contribution is 2.41. The lowest BCUT2D eigenvalue weighted by molar-refractivity contribution is -0.0497. The summed E-state index contributed by atoms with van der Waals surface area (Å²) < 4.78 is 26.7. The second-order valence-corrected chi connectivity index (χ2v) is 6.22. The lowest BCUT2D eigenvalue weighted by atomic mass is 9.79. The Morgan fingerprint density at radius 3 is 2.57 bits per heavy atom. The summed E-state index contributed by atoms with van der Waals surface area (Å²) in [5.74, 6) is -2.13. The Bertz CT molecular complexity index is 435. The maximum absolute atomic E-state index is 13.4. The fourth-order valence-electron chi connectivity index (χ4n) is 3.40. The molecule has 0 radical (unpaired) electrons. The first-order valence-electron chi connectivity index (χ1n) is 8.25. The van der Waals surface area contributed by atoms with Gasteiger partial charge in [0.2, 0.25) is 5.92 Å². The predicted molar refractivity (Wildman–Crippen MR) is 83.8 cm³/mol. The van der Waals surface area contributed by atoms with E-state index in [1.54, 1.807) is 0 Å². The molecule has 2 rings (SSSR count). The van der Waals surface area contributed by atoms with Crippen LogP contribution in [0.4, 0.5) is 8.78 Å². The molecule has 3 heteroatoms.